The van der Waals surface area contributed by atoms with Gasteiger partial charge in [-0.05, 0) is 24.1 Å². The van der Waals surface area contributed by atoms with Crippen LogP contribution in [0.3, 0.4) is 0 Å². The molecule has 2 rings (SSSR count). The van der Waals surface area contributed by atoms with E-state index in [1.54, 1.807) is 0 Å². The average molecular weight is 194 g/mol. The summed E-state index contributed by atoms with van der Waals surface area (Å²) < 4.78 is 12.9. The Kier molecular flexibility index (Phi) is 1.84. The predicted octanol–water partition coefficient (Wildman–Crippen LogP) is 1.65. The van der Waals surface area contributed by atoms with E-state index in [1.807, 2.05) is 0 Å². The van der Waals surface area contributed by atoms with Gasteiger partial charge in [-0.2, -0.15) is 0 Å². The van der Waals surface area contributed by atoms with E-state index in [2.05, 4.69) is 0 Å². The Balaban J connectivity index is 2.69. The van der Waals surface area contributed by atoms with Crippen LogP contribution in [-0.4, -0.2) is 16.9 Å². The minimum Gasteiger partial charge on any atom is -0.478 e. The molecule has 0 saturated heterocycles. The zero-order valence-electron chi connectivity index (χ0n) is 7.21. The summed E-state index contributed by atoms with van der Waals surface area (Å²) >= 11 is 0. The Bertz CT molecular complexity index is 437. The Morgan fingerprint density at radius 3 is 2.71 bits per heavy atom. The number of aromatic carboxylic acids is 1. The van der Waals surface area contributed by atoms with Crippen LogP contribution in [0.5, 0.6) is 0 Å². The van der Waals surface area contributed by atoms with Gasteiger partial charge in [0.05, 0.1) is 5.56 Å². The summed E-state index contributed by atoms with van der Waals surface area (Å²) in [6.07, 6.45) is 0.676. The summed E-state index contributed by atoms with van der Waals surface area (Å²) in [5.41, 5.74) is 0.595. The molecule has 0 spiro atoms. The molecule has 0 saturated carbocycles. The first kappa shape index (κ1) is 8.87. The van der Waals surface area contributed by atoms with Gasteiger partial charge in [0.1, 0.15) is 5.82 Å². The lowest BCUT2D eigenvalue weighted by Gasteiger charge is -2.02. The molecule has 0 heterocycles. The van der Waals surface area contributed by atoms with Crippen molar-refractivity contribution < 1.29 is 19.1 Å². The molecule has 72 valence electrons. The molecule has 0 atom stereocenters. The second-order valence-electron chi connectivity index (χ2n) is 3.21. The van der Waals surface area contributed by atoms with E-state index < -0.39 is 11.8 Å². The maximum absolute atomic E-state index is 12.9. The highest BCUT2D eigenvalue weighted by molar-refractivity contribution is 6.04. The fraction of sp³-hybridized carbons (Fsp3) is 0.200. The van der Waals surface area contributed by atoms with Crippen molar-refractivity contribution in [3.05, 3.63) is 34.6 Å². The van der Waals surface area contributed by atoms with Crippen LogP contribution in [0.25, 0.3) is 0 Å². The summed E-state index contributed by atoms with van der Waals surface area (Å²) in [7, 11) is 0. The highest BCUT2D eigenvalue weighted by Gasteiger charge is 2.25. The monoisotopic (exact) mass is 194 g/mol. The molecule has 14 heavy (non-hydrogen) atoms. The lowest BCUT2D eigenvalue weighted by atomic mass is 10.0. The van der Waals surface area contributed by atoms with E-state index in [4.69, 9.17) is 5.11 Å². The molecular weight excluding hydrogens is 187 g/mol. The standard InChI is InChI=1S/C10H7FO3/c11-5-3-7-6(1-2-9(7)12)8(4-5)10(13)14/h3-4H,1-2H2,(H,13,14). The van der Waals surface area contributed by atoms with E-state index in [0.29, 0.717) is 12.0 Å². The topological polar surface area (TPSA) is 54.4 Å². The fourth-order valence-electron chi connectivity index (χ4n) is 1.72. The number of hydrogen-bond donors (Lipinski definition) is 1. The smallest absolute Gasteiger partial charge is 0.336 e. The van der Waals surface area contributed by atoms with Gasteiger partial charge in [0.25, 0.3) is 0 Å². The summed E-state index contributed by atoms with van der Waals surface area (Å²) in [4.78, 5) is 22.0. The normalized spacial score (nSPS) is 14.2. The number of carbonyl (C=O) groups is 2. The lowest BCUT2D eigenvalue weighted by molar-refractivity contribution is 0.0695. The number of carboxylic acids is 1. The van der Waals surface area contributed by atoms with Crippen molar-refractivity contribution in [1.82, 2.24) is 0 Å². The molecule has 1 aliphatic carbocycles. The van der Waals surface area contributed by atoms with Crippen LogP contribution >= 0.6 is 0 Å². The van der Waals surface area contributed by atoms with Crippen molar-refractivity contribution in [3.8, 4) is 0 Å². The van der Waals surface area contributed by atoms with Crippen molar-refractivity contribution in [3.63, 3.8) is 0 Å². The van der Waals surface area contributed by atoms with Crippen LogP contribution < -0.4 is 0 Å². The third-order valence-corrected chi connectivity index (χ3v) is 2.35. The van der Waals surface area contributed by atoms with Crippen LogP contribution in [0.15, 0.2) is 12.1 Å². The Labute approximate surface area is 79.2 Å². The van der Waals surface area contributed by atoms with E-state index in [-0.39, 0.29) is 23.3 Å². The van der Waals surface area contributed by atoms with Gasteiger partial charge in [-0.1, -0.05) is 0 Å². The number of rotatable bonds is 1. The van der Waals surface area contributed by atoms with Gasteiger partial charge in [-0.25, -0.2) is 9.18 Å². The van der Waals surface area contributed by atoms with E-state index >= 15 is 0 Å². The molecule has 0 amide bonds. The molecule has 1 aromatic carbocycles. The predicted molar refractivity (Wildman–Crippen MR) is 46.0 cm³/mol. The number of hydrogen-bond acceptors (Lipinski definition) is 2. The first-order chi connectivity index (χ1) is 6.59. The van der Waals surface area contributed by atoms with E-state index in [0.717, 1.165) is 12.1 Å². The fourth-order valence-corrected chi connectivity index (χ4v) is 1.72. The third-order valence-electron chi connectivity index (χ3n) is 2.35. The molecule has 0 radical (unpaired) electrons. The zero-order valence-corrected chi connectivity index (χ0v) is 7.21. The van der Waals surface area contributed by atoms with E-state index in [9.17, 15) is 14.0 Å². The summed E-state index contributed by atoms with van der Waals surface area (Å²) in [6.45, 7) is 0. The molecular formula is C10H7FO3. The Hall–Kier alpha value is -1.71. The molecule has 1 aromatic rings. The van der Waals surface area contributed by atoms with Gasteiger partial charge < -0.3 is 5.11 Å². The van der Waals surface area contributed by atoms with Gasteiger partial charge in [0.2, 0.25) is 0 Å². The highest BCUT2D eigenvalue weighted by Crippen LogP contribution is 2.26. The van der Waals surface area contributed by atoms with Crippen LogP contribution in [-0.2, 0) is 6.42 Å². The van der Waals surface area contributed by atoms with Gasteiger partial charge in [-0.3, -0.25) is 4.79 Å². The number of halogens is 1. The first-order valence-electron chi connectivity index (χ1n) is 4.18. The van der Waals surface area contributed by atoms with Crippen LogP contribution in [0.1, 0.15) is 32.7 Å². The molecule has 0 fully saturated rings. The zero-order chi connectivity index (χ0) is 10.3. The van der Waals surface area contributed by atoms with Crippen molar-refractivity contribution in [2.45, 2.75) is 12.8 Å². The molecule has 0 aliphatic heterocycles. The minimum atomic E-state index is -1.18. The number of benzene rings is 1. The quantitative estimate of drug-likeness (QED) is 0.739. The molecule has 4 heteroatoms. The summed E-state index contributed by atoms with van der Waals surface area (Å²) in [5, 5.41) is 8.78. The number of ketones is 1. The van der Waals surface area contributed by atoms with Gasteiger partial charge in [-0.15, -0.1) is 0 Å². The Morgan fingerprint density at radius 1 is 1.36 bits per heavy atom. The van der Waals surface area contributed by atoms with Crippen molar-refractivity contribution in [2.24, 2.45) is 0 Å². The molecule has 3 nitrogen and oxygen atoms in total. The largest absolute Gasteiger partial charge is 0.478 e. The van der Waals surface area contributed by atoms with E-state index in [1.165, 1.54) is 0 Å². The lowest BCUT2D eigenvalue weighted by Crippen LogP contribution is -2.04. The second-order valence-corrected chi connectivity index (χ2v) is 3.21. The van der Waals surface area contributed by atoms with Crippen molar-refractivity contribution >= 4 is 11.8 Å². The van der Waals surface area contributed by atoms with Gasteiger partial charge >= 0.3 is 5.97 Å². The van der Waals surface area contributed by atoms with Crippen LogP contribution in [0, 0.1) is 5.82 Å². The SMILES string of the molecule is O=C(O)c1cc(F)cc2c1CCC2=O. The van der Waals surface area contributed by atoms with Crippen molar-refractivity contribution in [2.75, 3.05) is 0 Å². The molecule has 0 unspecified atom stereocenters. The number of fused-ring (bicyclic) bond motifs is 1. The van der Waals surface area contributed by atoms with Crippen molar-refractivity contribution in [1.29, 1.82) is 0 Å². The summed E-state index contributed by atoms with van der Waals surface area (Å²) in [6, 6.07) is 2.07. The first-order valence-corrected chi connectivity index (χ1v) is 4.18. The average Bonchev–Trinajstić information content (AvgIpc) is 2.47. The highest BCUT2D eigenvalue weighted by atomic mass is 19.1. The van der Waals surface area contributed by atoms with Gasteiger partial charge in [0.15, 0.2) is 5.78 Å². The molecule has 0 aromatic heterocycles. The Morgan fingerprint density at radius 2 is 2.07 bits per heavy atom. The molecule has 0 bridgehead atoms. The third kappa shape index (κ3) is 1.19. The van der Waals surface area contributed by atoms with Gasteiger partial charge in [0, 0.05) is 12.0 Å². The maximum atomic E-state index is 12.9. The second kappa shape index (κ2) is 2.90. The molecule has 1 N–H and O–H groups in total. The maximum Gasteiger partial charge on any atom is 0.336 e. The van der Waals surface area contributed by atoms with Crippen LogP contribution in [0.4, 0.5) is 4.39 Å². The number of carboxylic acid groups (broad SMARTS) is 1. The number of Topliss-reactive ketones (excluding diaryl/α,β-unsaturated/α-hetero) is 1. The van der Waals surface area contributed by atoms with Crippen LogP contribution in [0.2, 0.25) is 0 Å². The summed E-state index contributed by atoms with van der Waals surface area (Å²) in [5.74, 6) is -2.03. The minimum absolute atomic E-state index is 0.0918. The number of carbonyl (C=O) groups excluding carboxylic acids is 1. The molecule has 1 aliphatic rings.